The molecule has 0 aliphatic rings. The van der Waals surface area contributed by atoms with Gasteiger partial charge < -0.3 is 14.8 Å². The van der Waals surface area contributed by atoms with E-state index in [1.807, 2.05) is 19.2 Å². The number of aromatic nitrogens is 1. The molecule has 0 saturated heterocycles. The zero-order valence-electron chi connectivity index (χ0n) is 15.0. The van der Waals surface area contributed by atoms with Crippen LogP contribution in [0.15, 0.2) is 48.7 Å². The monoisotopic (exact) mass is 389 g/mol. The number of anilines is 1. The van der Waals surface area contributed by atoms with Crippen LogP contribution in [-0.2, 0) is 13.6 Å². The van der Waals surface area contributed by atoms with Crippen LogP contribution >= 0.6 is 23.8 Å². The van der Waals surface area contributed by atoms with Crippen molar-refractivity contribution in [3.05, 3.63) is 65.1 Å². The fourth-order valence-electron chi connectivity index (χ4n) is 2.99. The number of aryl methyl sites for hydroxylation is 1. The number of hydrogen-bond donors (Lipinski definition) is 1. The van der Waals surface area contributed by atoms with Crippen molar-refractivity contribution in [3.63, 3.8) is 0 Å². The van der Waals surface area contributed by atoms with E-state index < -0.39 is 5.82 Å². The fraction of sp³-hybridized carbons (Fsp3) is 0.250. The minimum Gasteiger partial charge on any atom is -0.350 e. The number of halogens is 2. The summed E-state index contributed by atoms with van der Waals surface area (Å²) >= 11 is 11.5. The number of benzene rings is 2. The van der Waals surface area contributed by atoms with Crippen LogP contribution < -0.4 is 5.32 Å². The lowest BCUT2D eigenvalue weighted by Crippen LogP contribution is -2.39. The van der Waals surface area contributed by atoms with Gasteiger partial charge in [-0.25, -0.2) is 4.39 Å². The molecule has 136 valence electrons. The second kappa shape index (κ2) is 7.64. The topological polar surface area (TPSA) is 20.2 Å². The predicted molar refractivity (Wildman–Crippen MR) is 111 cm³/mol. The van der Waals surface area contributed by atoms with Gasteiger partial charge >= 0.3 is 0 Å². The number of fused-ring (bicyclic) bond motifs is 1. The first-order valence-corrected chi connectivity index (χ1v) is 9.21. The van der Waals surface area contributed by atoms with Gasteiger partial charge in [0.2, 0.25) is 0 Å². The summed E-state index contributed by atoms with van der Waals surface area (Å²) in [4.78, 5) is 2.11. The molecule has 26 heavy (non-hydrogen) atoms. The maximum absolute atomic E-state index is 13.4. The van der Waals surface area contributed by atoms with E-state index in [9.17, 15) is 4.39 Å². The molecule has 3 rings (SSSR count). The van der Waals surface area contributed by atoms with Crippen LogP contribution in [0, 0.1) is 5.82 Å². The van der Waals surface area contributed by atoms with Crippen molar-refractivity contribution < 1.29 is 4.39 Å². The third kappa shape index (κ3) is 3.84. The summed E-state index contributed by atoms with van der Waals surface area (Å²) in [5, 5.41) is 5.03. The first kappa shape index (κ1) is 18.7. The lowest BCUT2D eigenvalue weighted by molar-refractivity contribution is 0.349. The van der Waals surface area contributed by atoms with Crippen LogP contribution in [0.3, 0.4) is 0 Å². The molecule has 0 radical (unpaired) electrons. The molecule has 6 heteroatoms. The van der Waals surface area contributed by atoms with Crippen LogP contribution in [0.4, 0.5) is 10.1 Å². The lowest BCUT2D eigenvalue weighted by atomic mass is 10.1. The number of nitrogens with one attached hydrogen (secondary N) is 1. The number of nitrogens with zero attached hydrogens (tertiary/aromatic N) is 2. The molecule has 0 spiro atoms. The molecule has 1 N–H and O–H groups in total. The Morgan fingerprint density at radius 1 is 1.27 bits per heavy atom. The standard InChI is InChI=1S/C20H21ClFN3S/c1-13(2)25(20(26)23-15-8-9-18(22)17(21)10-15)12-14-11-24(3)19-7-5-4-6-16(14)19/h4-11,13H,12H2,1-3H3,(H,23,26). The van der Waals surface area contributed by atoms with E-state index in [0.717, 1.165) is 0 Å². The van der Waals surface area contributed by atoms with Gasteiger partial charge in [0.15, 0.2) is 5.11 Å². The van der Waals surface area contributed by atoms with E-state index in [1.165, 1.54) is 22.5 Å². The van der Waals surface area contributed by atoms with E-state index >= 15 is 0 Å². The van der Waals surface area contributed by atoms with Crippen molar-refractivity contribution >= 4 is 45.5 Å². The van der Waals surface area contributed by atoms with E-state index in [-0.39, 0.29) is 11.1 Å². The number of thiocarbonyl (C=S) groups is 1. The summed E-state index contributed by atoms with van der Waals surface area (Å²) in [6.07, 6.45) is 2.14. The predicted octanol–water partition coefficient (Wildman–Crippen LogP) is 5.58. The minimum absolute atomic E-state index is 0.0722. The van der Waals surface area contributed by atoms with Crippen LogP contribution in [0.2, 0.25) is 5.02 Å². The average molecular weight is 390 g/mol. The van der Waals surface area contributed by atoms with Gasteiger partial charge in [-0.15, -0.1) is 0 Å². The molecule has 0 unspecified atom stereocenters. The van der Waals surface area contributed by atoms with Crippen molar-refractivity contribution in [1.29, 1.82) is 0 Å². The highest BCUT2D eigenvalue weighted by molar-refractivity contribution is 7.80. The second-order valence-corrected chi connectivity index (χ2v) is 7.36. The highest BCUT2D eigenvalue weighted by atomic mass is 35.5. The minimum atomic E-state index is -0.445. The van der Waals surface area contributed by atoms with E-state index in [0.29, 0.717) is 17.3 Å². The zero-order valence-corrected chi connectivity index (χ0v) is 16.5. The summed E-state index contributed by atoms with van der Waals surface area (Å²) in [5.41, 5.74) is 3.07. The normalized spacial score (nSPS) is 11.2. The quantitative estimate of drug-likeness (QED) is 0.588. The van der Waals surface area contributed by atoms with Gasteiger partial charge in [0, 0.05) is 42.4 Å². The van der Waals surface area contributed by atoms with Crippen molar-refractivity contribution in [3.8, 4) is 0 Å². The molecule has 0 fully saturated rings. The summed E-state index contributed by atoms with van der Waals surface area (Å²) < 4.78 is 15.5. The molecule has 2 aromatic carbocycles. The van der Waals surface area contributed by atoms with Crippen LogP contribution in [0.5, 0.6) is 0 Å². The molecule has 0 bridgehead atoms. The summed E-state index contributed by atoms with van der Waals surface area (Å²) in [5.74, 6) is -0.445. The fourth-order valence-corrected chi connectivity index (χ4v) is 3.57. The Kier molecular flexibility index (Phi) is 5.49. The zero-order chi connectivity index (χ0) is 18.8. The Morgan fingerprint density at radius 3 is 2.69 bits per heavy atom. The molecule has 3 aromatic rings. The number of para-hydroxylation sites is 1. The molecule has 1 aromatic heterocycles. The van der Waals surface area contributed by atoms with Crippen molar-refractivity contribution in [1.82, 2.24) is 9.47 Å². The molecular formula is C20H21ClFN3S. The summed E-state index contributed by atoms with van der Waals surface area (Å²) in [6.45, 7) is 4.87. The molecule has 0 atom stereocenters. The van der Waals surface area contributed by atoms with Crippen molar-refractivity contribution in [2.45, 2.75) is 26.4 Å². The third-order valence-corrected chi connectivity index (χ3v) is 5.00. The summed E-state index contributed by atoms with van der Waals surface area (Å²) in [6, 6.07) is 13.0. The van der Waals surface area contributed by atoms with Gasteiger partial charge in [-0.3, -0.25) is 0 Å². The van der Waals surface area contributed by atoms with Crippen LogP contribution in [-0.4, -0.2) is 20.6 Å². The molecule has 0 saturated carbocycles. The van der Waals surface area contributed by atoms with Gasteiger partial charge in [-0.2, -0.15) is 0 Å². The van der Waals surface area contributed by atoms with Crippen molar-refractivity contribution in [2.24, 2.45) is 7.05 Å². The van der Waals surface area contributed by atoms with E-state index in [1.54, 1.807) is 12.1 Å². The highest BCUT2D eigenvalue weighted by Crippen LogP contribution is 2.24. The smallest absolute Gasteiger partial charge is 0.173 e. The summed E-state index contributed by atoms with van der Waals surface area (Å²) in [7, 11) is 2.04. The van der Waals surface area contributed by atoms with Crippen LogP contribution in [0.25, 0.3) is 10.9 Å². The Balaban J connectivity index is 1.84. The van der Waals surface area contributed by atoms with Gasteiger partial charge in [0.25, 0.3) is 0 Å². The Bertz CT molecular complexity index is 951. The lowest BCUT2D eigenvalue weighted by Gasteiger charge is -2.29. The van der Waals surface area contributed by atoms with Crippen LogP contribution in [0.1, 0.15) is 19.4 Å². The SMILES string of the molecule is CC(C)N(Cc1cn(C)c2ccccc12)C(=S)Nc1ccc(F)c(Cl)c1. The van der Waals surface area contributed by atoms with Gasteiger partial charge in [-0.1, -0.05) is 29.8 Å². The molecule has 0 aliphatic heterocycles. The molecule has 3 nitrogen and oxygen atoms in total. The van der Waals surface area contributed by atoms with Gasteiger partial charge in [0.1, 0.15) is 5.82 Å². The molecule has 0 aliphatic carbocycles. The Labute approximate surface area is 163 Å². The first-order chi connectivity index (χ1) is 12.4. The maximum atomic E-state index is 13.4. The average Bonchev–Trinajstić information content (AvgIpc) is 2.92. The third-order valence-electron chi connectivity index (χ3n) is 4.38. The maximum Gasteiger partial charge on any atom is 0.173 e. The largest absolute Gasteiger partial charge is 0.350 e. The Morgan fingerprint density at radius 2 is 2.00 bits per heavy atom. The van der Waals surface area contributed by atoms with E-state index in [2.05, 4.69) is 47.0 Å². The van der Waals surface area contributed by atoms with Gasteiger partial charge in [0.05, 0.1) is 5.02 Å². The molecule has 1 heterocycles. The first-order valence-electron chi connectivity index (χ1n) is 8.42. The van der Waals surface area contributed by atoms with E-state index in [4.69, 9.17) is 23.8 Å². The number of hydrogen-bond acceptors (Lipinski definition) is 1. The number of rotatable bonds is 4. The van der Waals surface area contributed by atoms with Crippen molar-refractivity contribution in [2.75, 3.05) is 5.32 Å². The van der Waals surface area contributed by atoms with Gasteiger partial charge in [-0.05, 0) is 55.9 Å². The second-order valence-electron chi connectivity index (χ2n) is 6.56. The highest BCUT2D eigenvalue weighted by Gasteiger charge is 2.17. The molecular weight excluding hydrogens is 369 g/mol. The Hall–Kier alpha value is -2.11. The molecule has 0 amide bonds.